The summed E-state index contributed by atoms with van der Waals surface area (Å²) in [5.74, 6) is 2.16. The van der Waals surface area contributed by atoms with E-state index >= 15 is 0 Å². The Morgan fingerprint density at radius 1 is 1.00 bits per heavy atom. The molecule has 154 valence electrons. The van der Waals surface area contributed by atoms with Crippen LogP contribution in [0.5, 0.6) is 11.6 Å². The first-order valence-electron chi connectivity index (χ1n) is 8.99. The van der Waals surface area contributed by atoms with Crippen LogP contribution in [0.4, 0.5) is 0 Å². The number of methoxy groups -OCH3 is 1. The molecule has 0 saturated heterocycles. The van der Waals surface area contributed by atoms with E-state index in [4.69, 9.17) is 14.2 Å². The minimum absolute atomic E-state index is 0. The van der Waals surface area contributed by atoms with E-state index in [0.717, 1.165) is 16.9 Å². The van der Waals surface area contributed by atoms with Crippen LogP contribution in [-0.2, 0) is 17.8 Å². The third-order valence-corrected chi connectivity index (χ3v) is 3.76. The molecule has 2 aromatic rings. The molecule has 28 heavy (non-hydrogen) atoms. The van der Waals surface area contributed by atoms with Crippen molar-refractivity contribution in [2.75, 3.05) is 34.0 Å². The summed E-state index contributed by atoms with van der Waals surface area (Å²) in [5, 5.41) is 6.59. The van der Waals surface area contributed by atoms with Crippen molar-refractivity contribution in [2.45, 2.75) is 20.0 Å². The van der Waals surface area contributed by atoms with Crippen LogP contribution in [0.15, 0.2) is 47.6 Å². The van der Waals surface area contributed by atoms with Crippen molar-refractivity contribution in [2.24, 2.45) is 4.99 Å². The van der Waals surface area contributed by atoms with Crippen molar-refractivity contribution >= 4 is 29.9 Å². The van der Waals surface area contributed by atoms with E-state index in [-0.39, 0.29) is 24.0 Å². The third-order valence-electron chi connectivity index (χ3n) is 3.76. The molecular weight excluding hydrogens is 471 g/mol. The molecule has 0 amide bonds. The number of nitrogens with one attached hydrogen (secondary N) is 2. The van der Waals surface area contributed by atoms with Crippen LogP contribution in [0, 0.1) is 0 Å². The Bertz CT molecular complexity index is 728. The Kier molecular flexibility index (Phi) is 12.0. The summed E-state index contributed by atoms with van der Waals surface area (Å²) >= 11 is 0. The van der Waals surface area contributed by atoms with Gasteiger partial charge in [-0.05, 0) is 19.1 Å². The molecule has 0 unspecified atom stereocenters. The predicted molar refractivity (Wildman–Crippen MR) is 122 cm³/mol. The average molecular weight is 500 g/mol. The topological polar surface area (TPSA) is 77.0 Å². The zero-order chi connectivity index (χ0) is 19.3. The number of aliphatic imine (C=N–C) groups is 1. The molecule has 0 aliphatic heterocycles. The Morgan fingerprint density at radius 3 is 2.43 bits per heavy atom. The number of para-hydroxylation sites is 1. The zero-order valence-electron chi connectivity index (χ0n) is 16.6. The molecule has 7 nitrogen and oxygen atoms in total. The van der Waals surface area contributed by atoms with E-state index in [1.54, 1.807) is 20.4 Å². The number of aromatic nitrogens is 1. The van der Waals surface area contributed by atoms with Gasteiger partial charge >= 0.3 is 0 Å². The SMILES string of the molecule is CCOc1ccccc1CNC(=NC)NCc1cccnc1OCCOC.I. The maximum Gasteiger partial charge on any atom is 0.218 e. The van der Waals surface area contributed by atoms with Gasteiger partial charge in [0.15, 0.2) is 5.96 Å². The minimum atomic E-state index is 0. The second-order valence-electron chi connectivity index (χ2n) is 5.63. The molecule has 0 fully saturated rings. The fourth-order valence-corrected chi connectivity index (χ4v) is 2.43. The van der Waals surface area contributed by atoms with Gasteiger partial charge in [-0.1, -0.05) is 24.3 Å². The van der Waals surface area contributed by atoms with Crippen molar-refractivity contribution in [1.82, 2.24) is 15.6 Å². The molecule has 0 radical (unpaired) electrons. The van der Waals surface area contributed by atoms with Gasteiger partial charge in [0, 0.05) is 44.6 Å². The van der Waals surface area contributed by atoms with E-state index in [0.29, 0.717) is 44.7 Å². The molecule has 0 aliphatic carbocycles. The molecule has 2 rings (SSSR count). The Labute approximate surface area is 183 Å². The van der Waals surface area contributed by atoms with E-state index in [9.17, 15) is 0 Å². The average Bonchev–Trinajstić information content (AvgIpc) is 2.70. The van der Waals surface area contributed by atoms with Crippen LogP contribution in [0.1, 0.15) is 18.1 Å². The Balaban J connectivity index is 0.00000392. The van der Waals surface area contributed by atoms with Crippen LogP contribution >= 0.6 is 24.0 Å². The summed E-state index contributed by atoms with van der Waals surface area (Å²) in [4.78, 5) is 8.56. The van der Waals surface area contributed by atoms with Crippen molar-refractivity contribution in [1.29, 1.82) is 0 Å². The maximum atomic E-state index is 5.66. The van der Waals surface area contributed by atoms with Crippen LogP contribution in [0.3, 0.4) is 0 Å². The van der Waals surface area contributed by atoms with Crippen LogP contribution in [0.2, 0.25) is 0 Å². The number of pyridine rings is 1. The summed E-state index contributed by atoms with van der Waals surface area (Å²) in [6.45, 7) is 4.75. The van der Waals surface area contributed by atoms with E-state index in [2.05, 4.69) is 20.6 Å². The molecule has 1 aromatic heterocycles. The number of rotatable bonds is 10. The molecular formula is C20H29IN4O3. The number of hydrogen-bond donors (Lipinski definition) is 2. The highest BCUT2D eigenvalue weighted by molar-refractivity contribution is 14.0. The van der Waals surface area contributed by atoms with Gasteiger partial charge in [0.1, 0.15) is 12.4 Å². The van der Waals surface area contributed by atoms with E-state index in [1.807, 2.05) is 43.3 Å². The highest BCUT2D eigenvalue weighted by Gasteiger charge is 2.07. The Morgan fingerprint density at radius 2 is 1.71 bits per heavy atom. The lowest BCUT2D eigenvalue weighted by atomic mass is 10.2. The summed E-state index contributed by atoms with van der Waals surface area (Å²) in [7, 11) is 3.38. The number of ether oxygens (including phenoxy) is 3. The van der Waals surface area contributed by atoms with Crippen molar-refractivity contribution < 1.29 is 14.2 Å². The fourth-order valence-electron chi connectivity index (χ4n) is 2.43. The first-order chi connectivity index (χ1) is 13.3. The quantitative estimate of drug-likeness (QED) is 0.226. The normalized spacial score (nSPS) is 10.8. The summed E-state index contributed by atoms with van der Waals surface area (Å²) in [5.41, 5.74) is 2.03. The van der Waals surface area contributed by atoms with Crippen LogP contribution in [0.25, 0.3) is 0 Å². The standard InChI is InChI=1S/C20H28N4O3.HI/c1-4-26-18-10-6-5-8-16(18)14-23-20(21-2)24-15-17-9-7-11-22-19(17)27-13-12-25-3;/h5-11H,4,12-15H2,1-3H3,(H2,21,23,24);1H. The molecule has 1 aromatic carbocycles. The molecule has 0 spiro atoms. The molecule has 0 bridgehead atoms. The van der Waals surface area contributed by atoms with Gasteiger partial charge in [0.2, 0.25) is 5.88 Å². The van der Waals surface area contributed by atoms with Gasteiger partial charge in [0.25, 0.3) is 0 Å². The molecule has 0 aliphatic rings. The lowest BCUT2D eigenvalue weighted by molar-refractivity contribution is 0.143. The predicted octanol–water partition coefficient (Wildman–Crippen LogP) is 2.99. The van der Waals surface area contributed by atoms with Gasteiger partial charge in [-0.3, -0.25) is 4.99 Å². The lowest BCUT2D eigenvalue weighted by Gasteiger charge is -2.15. The molecule has 0 saturated carbocycles. The second kappa shape index (κ2) is 14.0. The highest BCUT2D eigenvalue weighted by atomic mass is 127. The largest absolute Gasteiger partial charge is 0.494 e. The summed E-state index contributed by atoms with van der Waals surface area (Å²) in [6, 6.07) is 11.8. The van der Waals surface area contributed by atoms with Gasteiger partial charge < -0.3 is 24.8 Å². The monoisotopic (exact) mass is 500 g/mol. The number of guanidine groups is 1. The summed E-state index contributed by atoms with van der Waals surface area (Å²) in [6.07, 6.45) is 1.71. The van der Waals surface area contributed by atoms with Crippen LogP contribution in [-0.4, -0.2) is 44.9 Å². The maximum absolute atomic E-state index is 5.66. The molecule has 8 heteroatoms. The van der Waals surface area contributed by atoms with Crippen molar-refractivity contribution in [3.8, 4) is 11.6 Å². The second-order valence-corrected chi connectivity index (χ2v) is 5.63. The molecule has 2 N–H and O–H groups in total. The van der Waals surface area contributed by atoms with Crippen LogP contribution < -0.4 is 20.1 Å². The minimum Gasteiger partial charge on any atom is -0.494 e. The number of benzene rings is 1. The fraction of sp³-hybridized carbons (Fsp3) is 0.400. The van der Waals surface area contributed by atoms with Crippen molar-refractivity contribution in [3.05, 3.63) is 53.7 Å². The smallest absolute Gasteiger partial charge is 0.218 e. The Hall–Kier alpha value is -2.07. The zero-order valence-corrected chi connectivity index (χ0v) is 18.9. The molecule has 0 atom stereocenters. The lowest BCUT2D eigenvalue weighted by Crippen LogP contribution is -2.36. The van der Waals surface area contributed by atoms with Gasteiger partial charge in [-0.25, -0.2) is 4.98 Å². The number of halogens is 1. The summed E-state index contributed by atoms with van der Waals surface area (Å²) < 4.78 is 16.3. The van der Waals surface area contributed by atoms with Gasteiger partial charge in [-0.15, -0.1) is 24.0 Å². The van der Waals surface area contributed by atoms with E-state index < -0.39 is 0 Å². The number of nitrogens with zero attached hydrogens (tertiary/aromatic N) is 2. The number of hydrogen-bond acceptors (Lipinski definition) is 5. The van der Waals surface area contributed by atoms with Gasteiger partial charge in [-0.2, -0.15) is 0 Å². The molecule has 1 heterocycles. The van der Waals surface area contributed by atoms with Gasteiger partial charge in [0.05, 0.1) is 13.2 Å². The van der Waals surface area contributed by atoms with Crippen molar-refractivity contribution in [3.63, 3.8) is 0 Å². The first-order valence-corrected chi connectivity index (χ1v) is 8.99. The highest BCUT2D eigenvalue weighted by Crippen LogP contribution is 2.17. The third kappa shape index (κ3) is 7.89. The van der Waals surface area contributed by atoms with E-state index in [1.165, 1.54) is 0 Å². The first kappa shape index (κ1) is 24.0.